The number of nitrogens with one attached hydrogen (secondary N) is 1. The molecule has 1 saturated carbocycles. The normalized spacial score (nSPS) is 31.9. The number of likely N-dealkylation sites (N-methyl/N-ethyl adjacent to an activating group) is 1. The first kappa shape index (κ1) is 14.1. The molecule has 22 heavy (non-hydrogen) atoms. The summed E-state index contributed by atoms with van der Waals surface area (Å²) in [4.78, 5) is 16.9. The molecule has 1 aromatic rings. The van der Waals surface area contributed by atoms with E-state index in [2.05, 4.69) is 47.6 Å². The third-order valence-electron chi connectivity index (χ3n) is 5.84. The van der Waals surface area contributed by atoms with Crippen LogP contribution < -0.4 is 5.32 Å². The molecular weight excluding hydrogens is 274 g/mol. The van der Waals surface area contributed by atoms with Crippen molar-refractivity contribution in [2.75, 3.05) is 26.7 Å². The second-order valence-corrected chi connectivity index (χ2v) is 7.19. The van der Waals surface area contributed by atoms with Crippen LogP contribution in [0, 0.1) is 0 Å². The number of hydrogen-bond donors (Lipinski definition) is 1. The van der Waals surface area contributed by atoms with Gasteiger partial charge in [0, 0.05) is 30.6 Å². The minimum absolute atomic E-state index is 0.143. The van der Waals surface area contributed by atoms with E-state index < -0.39 is 0 Å². The molecule has 118 valence electrons. The third kappa shape index (κ3) is 2.30. The zero-order valence-electron chi connectivity index (χ0n) is 13.3. The molecule has 4 nitrogen and oxygen atoms in total. The first-order valence-corrected chi connectivity index (χ1v) is 8.50. The Morgan fingerprint density at radius 2 is 1.91 bits per heavy atom. The van der Waals surface area contributed by atoms with Crippen LogP contribution in [0.4, 0.5) is 4.79 Å². The fourth-order valence-electron chi connectivity index (χ4n) is 4.29. The van der Waals surface area contributed by atoms with Gasteiger partial charge in [-0.1, -0.05) is 30.3 Å². The molecule has 4 heteroatoms. The lowest BCUT2D eigenvalue weighted by molar-refractivity contribution is 0.110. The average molecular weight is 299 g/mol. The van der Waals surface area contributed by atoms with Crippen molar-refractivity contribution in [1.29, 1.82) is 0 Å². The van der Waals surface area contributed by atoms with E-state index in [0.29, 0.717) is 12.1 Å². The number of carbonyl (C=O) groups excluding carboxylic acids is 1. The van der Waals surface area contributed by atoms with Gasteiger partial charge < -0.3 is 15.1 Å². The van der Waals surface area contributed by atoms with Crippen molar-refractivity contribution >= 4 is 6.03 Å². The number of fused-ring (bicyclic) bond motifs is 1. The minimum atomic E-state index is 0.143. The molecule has 3 fully saturated rings. The van der Waals surface area contributed by atoms with Crippen molar-refractivity contribution < 1.29 is 4.79 Å². The van der Waals surface area contributed by atoms with E-state index in [9.17, 15) is 4.79 Å². The van der Waals surface area contributed by atoms with E-state index in [4.69, 9.17) is 0 Å². The third-order valence-corrected chi connectivity index (χ3v) is 5.84. The second kappa shape index (κ2) is 5.27. The molecule has 0 spiro atoms. The summed E-state index contributed by atoms with van der Waals surface area (Å²) in [7, 11) is 2.21. The van der Waals surface area contributed by atoms with E-state index in [0.717, 1.165) is 38.9 Å². The largest absolute Gasteiger partial charge is 0.335 e. The Kier molecular flexibility index (Phi) is 3.37. The number of hydrogen-bond acceptors (Lipinski definition) is 2. The van der Waals surface area contributed by atoms with Crippen LogP contribution in [0.2, 0.25) is 0 Å². The van der Waals surface area contributed by atoms with Gasteiger partial charge in [-0.15, -0.1) is 0 Å². The van der Waals surface area contributed by atoms with E-state index >= 15 is 0 Å². The summed E-state index contributed by atoms with van der Waals surface area (Å²) in [5.74, 6) is 0. The van der Waals surface area contributed by atoms with Crippen molar-refractivity contribution in [2.45, 2.75) is 43.2 Å². The minimum Gasteiger partial charge on any atom is -0.335 e. The maximum Gasteiger partial charge on any atom is 0.317 e. The Balaban J connectivity index is 1.56. The summed E-state index contributed by atoms with van der Waals surface area (Å²) in [5, 5.41) is 3.14. The highest BCUT2D eigenvalue weighted by atomic mass is 16.2. The number of carbonyl (C=O) groups is 1. The van der Waals surface area contributed by atoms with Crippen molar-refractivity contribution in [2.24, 2.45) is 0 Å². The lowest BCUT2D eigenvalue weighted by Crippen LogP contribution is -2.58. The van der Waals surface area contributed by atoms with Crippen molar-refractivity contribution in [3.63, 3.8) is 0 Å². The van der Waals surface area contributed by atoms with Gasteiger partial charge in [0.2, 0.25) is 0 Å². The first-order valence-electron chi connectivity index (χ1n) is 8.50. The molecule has 2 atom stereocenters. The highest BCUT2D eigenvalue weighted by Crippen LogP contribution is 2.45. The van der Waals surface area contributed by atoms with Crippen LogP contribution in [0.5, 0.6) is 0 Å². The molecule has 1 aliphatic carbocycles. The Morgan fingerprint density at radius 1 is 1.18 bits per heavy atom. The quantitative estimate of drug-likeness (QED) is 0.909. The summed E-state index contributed by atoms with van der Waals surface area (Å²) >= 11 is 0. The number of likely N-dealkylation sites (tertiary alicyclic amines) is 2. The van der Waals surface area contributed by atoms with E-state index in [1.165, 1.54) is 12.0 Å². The van der Waals surface area contributed by atoms with E-state index in [-0.39, 0.29) is 11.4 Å². The van der Waals surface area contributed by atoms with Crippen molar-refractivity contribution in [3.8, 4) is 0 Å². The average Bonchev–Trinajstić information content (AvgIpc) is 3.30. The van der Waals surface area contributed by atoms with Crippen LogP contribution in [0.1, 0.15) is 31.2 Å². The summed E-state index contributed by atoms with van der Waals surface area (Å²) < 4.78 is 0. The number of piperidine rings is 1. The van der Waals surface area contributed by atoms with Gasteiger partial charge in [-0.05, 0) is 44.8 Å². The Hall–Kier alpha value is -1.55. The summed E-state index contributed by atoms with van der Waals surface area (Å²) in [6, 6.07) is 11.9. The molecule has 1 N–H and O–H groups in total. The molecule has 0 unspecified atom stereocenters. The van der Waals surface area contributed by atoms with Crippen LogP contribution >= 0.6 is 0 Å². The zero-order chi connectivity index (χ0) is 15.2. The lowest BCUT2D eigenvalue weighted by atomic mass is 9.69. The predicted molar refractivity (Wildman–Crippen MR) is 86.9 cm³/mol. The molecule has 2 saturated heterocycles. The number of rotatable bonds is 2. The Labute approximate surface area is 132 Å². The summed E-state index contributed by atoms with van der Waals surface area (Å²) in [6.07, 6.45) is 4.58. The maximum absolute atomic E-state index is 12.4. The molecular formula is C18H25N3O. The fraction of sp³-hybridized carbons (Fsp3) is 0.611. The van der Waals surface area contributed by atoms with Crippen molar-refractivity contribution in [1.82, 2.24) is 15.1 Å². The van der Waals surface area contributed by atoms with Gasteiger partial charge in [0.05, 0.1) is 0 Å². The number of nitrogens with zero attached hydrogens (tertiary/aromatic N) is 2. The molecule has 2 heterocycles. The second-order valence-electron chi connectivity index (χ2n) is 7.19. The highest BCUT2D eigenvalue weighted by molar-refractivity contribution is 5.75. The molecule has 4 rings (SSSR count). The van der Waals surface area contributed by atoms with Gasteiger partial charge in [0.25, 0.3) is 0 Å². The molecule has 0 bridgehead atoms. The number of benzene rings is 1. The molecule has 0 radical (unpaired) electrons. The first-order chi connectivity index (χ1) is 10.7. The predicted octanol–water partition coefficient (Wildman–Crippen LogP) is 2.21. The summed E-state index contributed by atoms with van der Waals surface area (Å²) in [5.41, 5.74) is 1.68. The highest BCUT2D eigenvalue weighted by Gasteiger charge is 2.50. The smallest absolute Gasteiger partial charge is 0.317 e. The van der Waals surface area contributed by atoms with E-state index in [1.807, 2.05) is 4.90 Å². The zero-order valence-corrected chi connectivity index (χ0v) is 13.3. The van der Waals surface area contributed by atoms with Gasteiger partial charge >= 0.3 is 6.03 Å². The number of amides is 2. The fourth-order valence-corrected chi connectivity index (χ4v) is 4.29. The Bertz CT molecular complexity index is 557. The van der Waals surface area contributed by atoms with Crippen LogP contribution in [-0.4, -0.2) is 54.6 Å². The van der Waals surface area contributed by atoms with E-state index in [1.54, 1.807) is 0 Å². The van der Waals surface area contributed by atoms with Crippen LogP contribution in [0.3, 0.4) is 0 Å². The molecule has 1 aromatic carbocycles. The monoisotopic (exact) mass is 299 g/mol. The van der Waals surface area contributed by atoms with Gasteiger partial charge in [-0.3, -0.25) is 0 Å². The molecule has 2 amide bonds. The summed E-state index contributed by atoms with van der Waals surface area (Å²) in [6.45, 7) is 2.85. The van der Waals surface area contributed by atoms with Gasteiger partial charge in [-0.2, -0.15) is 0 Å². The van der Waals surface area contributed by atoms with Crippen LogP contribution in [-0.2, 0) is 5.41 Å². The van der Waals surface area contributed by atoms with Crippen LogP contribution in [0.25, 0.3) is 0 Å². The maximum atomic E-state index is 12.4. The molecule has 0 aromatic heterocycles. The van der Waals surface area contributed by atoms with Crippen LogP contribution in [0.15, 0.2) is 30.3 Å². The standard InChI is InChI=1S/C18H25N3O/c1-20-11-9-18(14-5-3-2-4-6-14)10-12-21(13-16(18)20)17(22)19-15-7-8-15/h2-6,15-16H,7-13H2,1H3,(H,19,22)/t16-,18+/m1/s1. The SMILES string of the molecule is CN1CC[C@@]2(c3ccccc3)CCN(C(=O)NC3CC3)C[C@@H]12. The molecule has 3 aliphatic rings. The van der Waals surface area contributed by atoms with Crippen molar-refractivity contribution in [3.05, 3.63) is 35.9 Å². The Morgan fingerprint density at radius 3 is 2.64 bits per heavy atom. The topological polar surface area (TPSA) is 35.6 Å². The van der Waals surface area contributed by atoms with Gasteiger partial charge in [-0.25, -0.2) is 4.79 Å². The molecule has 2 aliphatic heterocycles. The van der Waals surface area contributed by atoms with Gasteiger partial charge in [0.1, 0.15) is 0 Å². The number of urea groups is 1. The van der Waals surface area contributed by atoms with Gasteiger partial charge in [0.15, 0.2) is 0 Å². The lowest BCUT2D eigenvalue weighted by Gasteiger charge is -2.46.